The first-order valence-electron chi connectivity index (χ1n) is 9.74. The van der Waals surface area contributed by atoms with Crippen LogP contribution in [0.4, 0.5) is 4.79 Å². The van der Waals surface area contributed by atoms with E-state index in [9.17, 15) is 4.79 Å². The van der Waals surface area contributed by atoms with E-state index in [1.165, 1.54) is 6.42 Å². The topological polar surface area (TPSA) is 98.9 Å². The zero-order valence-electron chi connectivity index (χ0n) is 16.2. The Balaban J connectivity index is 1.49. The third kappa shape index (κ3) is 3.85. The van der Waals surface area contributed by atoms with E-state index in [1.807, 2.05) is 27.0 Å². The molecule has 0 aliphatic carbocycles. The molecule has 2 atom stereocenters. The number of hydrogen-bond donors (Lipinski definition) is 3. The number of rotatable bonds is 3. The quantitative estimate of drug-likeness (QED) is 0.768. The van der Waals surface area contributed by atoms with Gasteiger partial charge >= 0.3 is 6.09 Å². The van der Waals surface area contributed by atoms with Crippen LogP contribution >= 0.6 is 0 Å². The van der Waals surface area contributed by atoms with Crippen molar-refractivity contribution in [1.29, 1.82) is 0 Å². The molecule has 0 bridgehead atoms. The summed E-state index contributed by atoms with van der Waals surface area (Å²) in [6.07, 6.45) is 7.48. The predicted octanol–water partition coefficient (Wildman–Crippen LogP) is 3.30. The van der Waals surface area contributed by atoms with E-state index in [2.05, 4.69) is 25.3 Å². The molecule has 0 unspecified atom stereocenters. The van der Waals surface area contributed by atoms with Crippen LogP contribution in [0.25, 0.3) is 11.4 Å². The van der Waals surface area contributed by atoms with Gasteiger partial charge in [0.25, 0.3) is 0 Å². The number of H-pyrrole nitrogens is 2. The number of carbonyl (C=O) groups excluding carboxylic acids is 1. The van der Waals surface area contributed by atoms with Crippen LogP contribution in [0.3, 0.4) is 0 Å². The van der Waals surface area contributed by atoms with Gasteiger partial charge in [0.1, 0.15) is 17.2 Å². The van der Waals surface area contributed by atoms with E-state index in [1.54, 1.807) is 11.1 Å². The van der Waals surface area contributed by atoms with Crippen LogP contribution in [-0.4, -0.2) is 49.6 Å². The number of aromatic amines is 2. The highest BCUT2D eigenvalue weighted by atomic mass is 16.6. The molecule has 4 rings (SSSR count). The molecule has 0 saturated carbocycles. The van der Waals surface area contributed by atoms with Crippen LogP contribution in [0.5, 0.6) is 0 Å². The summed E-state index contributed by atoms with van der Waals surface area (Å²) in [5, 5.41) is 3.45. The standard InChI is InChI=1S/C19H28N6O2/c1-19(2,3)27-18(26)25-9-5-7-15(25)17-22-11-14(24-17)13-10-21-16(23-13)12-6-4-8-20-12/h10-12,15,20H,4-9H2,1-3H3,(H,21,23)(H,22,24)/t12-,15-/m0/s1. The van der Waals surface area contributed by atoms with Gasteiger partial charge in [0.15, 0.2) is 0 Å². The highest BCUT2D eigenvalue weighted by Gasteiger charge is 2.35. The molecule has 0 radical (unpaired) electrons. The van der Waals surface area contributed by atoms with Crippen LogP contribution in [0.1, 0.15) is 70.2 Å². The van der Waals surface area contributed by atoms with Crippen molar-refractivity contribution in [2.45, 2.75) is 64.1 Å². The minimum absolute atomic E-state index is 0.0764. The Morgan fingerprint density at radius 3 is 2.48 bits per heavy atom. The molecule has 2 aromatic rings. The minimum atomic E-state index is -0.501. The maximum atomic E-state index is 12.5. The molecule has 27 heavy (non-hydrogen) atoms. The van der Waals surface area contributed by atoms with Crippen molar-refractivity contribution < 1.29 is 9.53 Å². The van der Waals surface area contributed by atoms with Gasteiger partial charge < -0.3 is 20.0 Å². The zero-order valence-corrected chi connectivity index (χ0v) is 16.2. The van der Waals surface area contributed by atoms with Gasteiger partial charge in [-0.3, -0.25) is 4.90 Å². The van der Waals surface area contributed by atoms with E-state index in [0.29, 0.717) is 12.6 Å². The molecular weight excluding hydrogens is 344 g/mol. The van der Waals surface area contributed by atoms with E-state index in [0.717, 1.165) is 48.8 Å². The third-order valence-electron chi connectivity index (χ3n) is 5.07. The molecule has 2 aliphatic heterocycles. The lowest BCUT2D eigenvalue weighted by atomic mass is 10.2. The van der Waals surface area contributed by atoms with Crippen molar-refractivity contribution >= 4 is 6.09 Å². The van der Waals surface area contributed by atoms with Gasteiger partial charge in [-0.25, -0.2) is 14.8 Å². The van der Waals surface area contributed by atoms with Gasteiger partial charge in [0.05, 0.1) is 35.9 Å². The van der Waals surface area contributed by atoms with E-state index >= 15 is 0 Å². The third-order valence-corrected chi connectivity index (χ3v) is 5.07. The summed E-state index contributed by atoms with van der Waals surface area (Å²) in [5.74, 6) is 1.76. The Hall–Kier alpha value is -2.35. The van der Waals surface area contributed by atoms with E-state index in [-0.39, 0.29) is 12.1 Å². The number of likely N-dealkylation sites (tertiary alicyclic amines) is 1. The number of nitrogens with zero attached hydrogens (tertiary/aromatic N) is 3. The summed E-state index contributed by atoms with van der Waals surface area (Å²) in [5.41, 5.74) is 1.30. The summed E-state index contributed by atoms with van der Waals surface area (Å²) in [4.78, 5) is 30.1. The largest absolute Gasteiger partial charge is 0.444 e. The smallest absolute Gasteiger partial charge is 0.410 e. The number of nitrogens with one attached hydrogen (secondary N) is 3. The first kappa shape index (κ1) is 18.0. The molecule has 8 nitrogen and oxygen atoms in total. The summed E-state index contributed by atoms with van der Waals surface area (Å²) >= 11 is 0. The molecule has 146 valence electrons. The number of imidazole rings is 2. The Morgan fingerprint density at radius 1 is 1.11 bits per heavy atom. The lowest BCUT2D eigenvalue weighted by Crippen LogP contribution is -2.36. The van der Waals surface area contributed by atoms with Gasteiger partial charge in [-0.15, -0.1) is 0 Å². The van der Waals surface area contributed by atoms with Crippen molar-refractivity contribution in [2.24, 2.45) is 0 Å². The first-order chi connectivity index (χ1) is 12.9. The molecule has 1 amide bonds. The van der Waals surface area contributed by atoms with E-state index in [4.69, 9.17) is 4.74 Å². The Kier molecular flexibility index (Phi) is 4.67. The highest BCUT2D eigenvalue weighted by Crippen LogP contribution is 2.32. The SMILES string of the molecule is CC(C)(C)OC(=O)N1CCC[C@H]1c1ncc(-c2cnc([C@@H]3CCCN3)[nH]2)[nH]1. The first-order valence-corrected chi connectivity index (χ1v) is 9.74. The number of carbonyl (C=O) groups is 1. The molecular formula is C19H28N6O2. The average molecular weight is 372 g/mol. The van der Waals surface area contributed by atoms with E-state index < -0.39 is 5.60 Å². The Labute approximate surface area is 159 Å². The lowest BCUT2D eigenvalue weighted by molar-refractivity contribution is 0.0219. The fourth-order valence-electron chi connectivity index (χ4n) is 3.80. The van der Waals surface area contributed by atoms with Crippen LogP contribution in [0.15, 0.2) is 12.4 Å². The van der Waals surface area contributed by atoms with Crippen molar-refractivity contribution in [3.8, 4) is 11.4 Å². The van der Waals surface area contributed by atoms with Gasteiger partial charge in [-0.2, -0.15) is 0 Å². The number of ether oxygens (including phenoxy) is 1. The monoisotopic (exact) mass is 372 g/mol. The van der Waals surface area contributed by atoms with Crippen LogP contribution in [0.2, 0.25) is 0 Å². The normalized spacial score (nSPS) is 23.1. The zero-order chi connectivity index (χ0) is 19.0. The maximum absolute atomic E-state index is 12.5. The number of aromatic nitrogens is 4. The number of hydrogen-bond acceptors (Lipinski definition) is 5. The molecule has 2 aromatic heterocycles. The molecule has 4 heterocycles. The van der Waals surface area contributed by atoms with Gasteiger partial charge in [0, 0.05) is 6.54 Å². The summed E-state index contributed by atoms with van der Waals surface area (Å²) in [6.45, 7) is 7.39. The van der Waals surface area contributed by atoms with Crippen molar-refractivity contribution in [3.05, 3.63) is 24.0 Å². The molecule has 2 fully saturated rings. The van der Waals surface area contributed by atoms with Crippen LogP contribution in [0, 0.1) is 0 Å². The van der Waals surface area contributed by atoms with Crippen molar-refractivity contribution in [2.75, 3.05) is 13.1 Å². The maximum Gasteiger partial charge on any atom is 0.410 e. The molecule has 0 aromatic carbocycles. The van der Waals surface area contributed by atoms with Crippen molar-refractivity contribution in [3.63, 3.8) is 0 Å². The summed E-state index contributed by atoms with van der Waals surface area (Å²) in [6, 6.07) is 0.228. The second-order valence-corrected chi connectivity index (χ2v) is 8.34. The van der Waals surface area contributed by atoms with Gasteiger partial charge in [0.2, 0.25) is 0 Å². The Morgan fingerprint density at radius 2 is 1.81 bits per heavy atom. The fourth-order valence-corrected chi connectivity index (χ4v) is 3.80. The fraction of sp³-hybridized carbons (Fsp3) is 0.632. The van der Waals surface area contributed by atoms with Crippen molar-refractivity contribution in [1.82, 2.24) is 30.2 Å². The summed E-state index contributed by atoms with van der Waals surface area (Å²) < 4.78 is 5.55. The molecule has 3 N–H and O–H groups in total. The van der Waals surface area contributed by atoms with Crippen LogP contribution < -0.4 is 5.32 Å². The highest BCUT2D eigenvalue weighted by molar-refractivity contribution is 5.69. The minimum Gasteiger partial charge on any atom is -0.444 e. The Bertz CT molecular complexity index is 799. The lowest BCUT2D eigenvalue weighted by Gasteiger charge is -2.27. The summed E-state index contributed by atoms with van der Waals surface area (Å²) in [7, 11) is 0. The molecule has 2 aliphatic rings. The molecule has 2 saturated heterocycles. The second kappa shape index (κ2) is 6.99. The number of amides is 1. The second-order valence-electron chi connectivity index (χ2n) is 8.34. The molecule has 8 heteroatoms. The van der Waals surface area contributed by atoms with Gasteiger partial charge in [-0.05, 0) is 53.0 Å². The van der Waals surface area contributed by atoms with Gasteiger partial charge in [-0.1, -0.05) is 0 Å². The average Bonchev–Trinajstić information content (AvgIpc) is 3.39. The van der Waals surface area contributed by atoms with Crippen LogP contribution in [-0.2, 0) is 4.74 Å². The predicted molar refractivity (Wildman–Crippen MR) is 101 cm³/mol. The molecule has 0 spiro atoms.